The number of hydrogen-bond acceptors (Lipinski definition) is 3. The number of ether oxygens (including phenoxy) is 1. The van der Waals surface area contributed by atoms with Gasteiger partial charge in [-0.05, 0) is 31.2 Å². The molecule has 1 atom stereocenters. The Balaban J connectivity index is 2.15. The fraction of sp³-hybridized carbons (Fsp3) is 0.263. The number of nitrogens with one attached hydrogen (secondary N) is 1. The number of carbonyl (C=O) groups is 2. The molecule has 0 saturated carbocycles. The molecule has 0 spiro atoms. The van der Waals surface area contributed by atoms with E-state index in [1.54, 1.807) is 49.4 Å². The van der Waals surface area contributed by atoms with Crippen LogP contribution in [0.15, 0.2) is 48.5 Å². The Morgan fingerprint density at radius 1 is 1.23 bits per heavy atom. The molecule has 2 aromatic carbocycles. The van der Waals surface area contributed by atoms with E-state index in [-0.39, 0.29) is 19.1 Å². The van der Waals surface area contributed by atoms with E-state index < -0.39 is 17.8 Å². The van der Waals surface area contributed by atoms with Crippen LogP contribution in [0.2, 0.25) is 5.02 Å². The minimum absolute atomic E-state index is 0.0427. The number of amides is 2. The summed E-state index contributed by atoms with van der Waals surface area (Å²) < 4.78 is 19.4. The highest BCUT2D eigenvalue weighted by molar-refractivity contribution is 6.30. The van der Waals surface area contributed by atoms with Gasteiger partial charge in [-0.1, -0.05) is 35.9 Å². The molecule has 0 saturated heterocycles. The van der Waals surface area contributed by atoms with Crippen molar-refractivity contribution in [3.8, 4) is 5.75 Å². The SMILES string of the molecule is CNC(=O)[C@@H](C)N(Cc1ccccc1F)C(=O)COc1cccc(Cl)c1. The van der Waals surface area contributed by atoms with Crippen molar-refractivity contribution in [1.82, 2.24) is 10.2 Å². The lowest BCUT2D eigenvalue weighted by Crippen LogP contribution is -2.48. The van der Waals surface area contributed by atoms with E-state index in [4.69, 9.17) is 16.3 Å². The number of halogens is 2. The quantitative estimate of drug-likeness (QED) is 0.805. The first kappa shape index (κ1) is 19.7. The molecule has 1 N–H and O–H groups in total. The van der Waals surface area contributed by atoms with Gasteiger partial charge < -0.3 is 15.0 Å². The maximum absolute atomic E-state index is 14.0. The first-order chi connectivity index (χ1) is 12.4. The molecule has 2 rings (SSSR count). The Kier molecular flexibility index (Phi) is 6.97. The van der Waals surface area contributed by atoms with Crippen molar-refractivity contribution >= 4 is 23.4 Å². The summed E-state index contributed by atoms with van der Waals surface area (Å²) in [5.74, 6) is -0.795. The molecular weight excluding hydrogens is 359 g/mol. The predicted molar refractivity (Wildman–Crippen MR) is 97.4 cm³/mol. The van der Waals surface area contributed by atoms with E-state index in [1.807, 2.05) is 0 Å². The topological polar surface area (TPSA) is 58.6 Å². The van der Waals surface area contributed by atoms with Gasteiger partial charge in [0.25, 0.3) is 5.91 Å². The van der Waals surface area contributed by atoms with Crippen LogP contribution in [0, 0.1) is 5.82 Å². The molecule has 0 fully saturated rings. The minimum Gasteiger partial charge on any atom is -0.484 e. The number of carbonyl (C=O) groups excluding carboxylic acids is 2. The molecule has 2 aromatic rings. The number of hydrogen-bond donors (Lipinski definition) is 1. The van der Waals surface area contributed by atoms with E-state index >= 15 is 0 Å². The van der Waals surface area contributed by atoms with E-state index in [1.165, 1.54) is 18.0 Å². The van der Waals surface area contributed by atoms with Gasteiger partial charge >= 0.3 is 0 Å². The van der Waals surface area contributed by atoms with Crippen molar-refractivity contribution in [2.45, 2.75) is 19.5 Å². The minimum atomic E-state index is -0.782. The molecule has 0 radical (unpaired) electrons. The third-order valence-corrected chi connectivity index (χ3v) is 4.11. The first-order valence-electron chi connectivity index (χ1n) is 8.05. The summed E-state index contributed by atoms with van der Waals surface area (Å²) in [4.78, 5) is 25.9. The summed E-state index contributed by atoms with van der Waals surface area (Å²) in [5, 5.41) is 2.98. The fourth-order valence-electron chi connectivity index (χ4n) is 2.39. The fourth-order valence-corrected chi connectivity index (χ4v) is 2.57. The molecule has 0 aliphatic heterocycles. The van der Waals surface area contributed by atoms with Crippen molar-refractivity contribution in [3.63, 3.8) is 0 Å². The maximum atomic E-state index is 14.0. The number of rotatable bonds is 7. The van der Waals surface area contributed by atoms with Crippen LogP contribution in [-0.2, 0) is 16.1 Å². The summed E-state index contributed by atoms with van der Waals surface area (Å²) >= 11 is 5.89. The second-order valence-electron chi connectivity index (χ2n) is 5.65. The summed E-state index contributed by atoms with van der Waals surface area (Å²) in [7, 11) is 1.48. The van der Waals surface area contributed by atoms with Crippen LogP contribution in [0.4, 0.5) is 4.39 Å². The molecule has 0 aliphatic rings. The standard InChI is InChI=1S/C19H20ClFN2O3/c1-13(19(25)22-2)23(11-14-6-3-4-9-17(14)21)18(24)12-26-16-8-5-7-15(20)10-16/h3-10,13H,11-12H2,1-2H3,(H,22,25)/t13-/m1/s1. The zero-order chi connectivity index (χ0) is 19.1. The van der Waals surface area contributed by atoms with Crippen LogP contribution in [0.3, 0.4) is 0 Å². The average Bonchev–Trinajstić information content (AvgIpc) is 2.64. The highest BCUT2D eigenvalue weighted by Crippen LogP contribution is 2.18. The Hall–Kier alpha value is -2.60. The molecule has 0 unspecified atom stereocenters. The van der Waals surface area contributed by atoms with E-state index in [0.29, 0.717) is 16.3 Å². The third-order valence-electron chi connectivity index (χ3n) is 3.87. The Bertz CT molecular complexity index is 785. The Morgan fingerprint density at radius 2 is 1.96 bits per heavy atom. The number of nitrogens with zero attached hydrogens (tertiary/aromatic N) is 1. The lowest BCUT2D eigenvalue weighted by molar-refractivity contribution is -0.142. The molecule has 138 valence electrons. The average molecular weight is 379 g/mol. The van der Waals surface area contributed by atoms with Crippen LogP contribution in [0.1, 0.15) is 12.5 Å². The highest BCUT2D eigenvalue weighted by Gasteiger charge is 2.26. The van der Waals surface area contributed by atoms with Gasteiger partial charge in [0.15, 0.2) is 6.61 Å². The molecule has 0 heterocycles. The second kappa shape index (κ2) is 9.20. The molecular formula is C19H20ClFN2O3. The zero-order valence-corrected chi connectivity index (χ0v) is 15.3. The zero-order valence-electron chi connectivity index (χ0n) is 14.5. The van der Waals surface area contributed by atoms with Crippen molar-refractivity contribution in [3.05, 3.63) is 64.9 Å². The Morgan fingerprint density at radius 3 is 2.62 bits per heavy atom. The van der Waals surface area contributed by atoms with Crippen molar-refractivity contribution in [1.29, 1.82) is 0 Å². The van der Waals surface area contributed by atoms with E-state index in [9.17, 15) is 14.0 Å². The largest absolute Gasteiger partial charge is 0.484 e. The number of benzene rings is 2. The summed E-state index contributed by atoms with van der Waals surface area (Å²) in [6, 6.07) is 12.0. The number of likely N-dealkylation sites (N-methyl/N-ethyl adjacent to an activating group) is 1. The molecule has 0 aliphatic carbocycles. The molecule has 0 aromatic heterocycles. The smallest absolute Gasteiger partial charge is 0.261 e. The molecule has 7 heteroatoms. The van der Waals surface area contributed by atoms with Crippen molar-refractivity contribution in [2.24, 2.45) is 0 Å². The van der Waals surface area contributed by atoms with Gasteiger partial charge in [0.2, 0.25) is 5.91 Å². The van der Waals surface area contributed by atoms with Crippen LogP contribution in [-0.4, -0.2) is 36.4 Å². The second-order valence-corrected chi connectivity index (χ2v) is 6.09. The van der Waals surface area contributed by atoms with Crippen molar-refractivity contribution < 1.29 is 18.7 Å². The maximum Gasteiger partial charge on any atom is 0.261 e. The van der Waals surface area contributed by atoms with Crippen LogP contribution in [0.25, 0.3) is 0 Å². The van der Waals surface area contributed by atoms with Gasteiger partial charge in [0.05, 0.1) is 0 Å². The first-order valence-corrected chi connectivity index (χ1v) is 8.43. The van der Waals surface area contributed by atoms with Gasteiger partial charge in [-0.25, -0.2) is 4.39 Å². The Labute approximate surface area is 156 Å². The highest BCUT2D eigenvalue weighted by atomic mass is 35.5. The predicted octanol–water partition coefficient (Wildman–Crippen LogP) is 3.02. The van der Waals surface area contributed by atoms with Crippen LogP contribution in [0.5, 0.6) is 5.75 Å². The molecule has 5 nitrogen and oxygen atoms in total. The lowest BCUT2D eigenvalue weighted by atomic mass is 10.1. The molecule has 2 amide bonds. The summed E-state index contributed by atoms with van der Waals surface area (Å²) in [5.41, 5.74) is 0.319. The van der Waals surface area contributed by atoms with Crippen molar-refractivity contribution in [2.75, 3.05) is 13.7 Å². The van der Waals surface area contributed by atoms with E-state index in [0.717, 1.165) is 0 Å². The van der Waals surface area contributed by atoms with E-state index in [2.05, 4.69) is 5.32 Å². The monoisotopic (exact) mass is 378 g/mol. The molecule has 0 bridgehead atoms. The van der Waals surface area contributed by atoms with Gasteiger partial charge in [0, 0.05) is 24.2 Å². The van der Waals surface area contributed by atoms with Crippen LogP contribution < -0.4 is 10.1 Å². The van der Waals surface area contributed by atoms with Crippen LogP contribution >= 0.6 is 11.6 Å². The van der Waals surface area contributed by atoms with Gasteiger partial charge in [0.1, 0.15) is 17.6 Å². The lowest BCUT2D eigenvalue weighted by Gasteiger charge is -2.28. The molecule has 26 heavy (non-hydrogen) atoms. The van der Waals surface area contributed by atoms with Gasteiger partial charge in [-0.3, -0.25) is 9.59 Å². The van der Waals surface area contributed by atoms with Gasteiger partial charge in [-0.2, -0.15) is 0 Å². The normalized spacial score (nSPS) is 11.5. The summed E-state index contributed by atoms with van der Waals surface area (Å²) in [6.07, 6.45) is 0. The van der Waals surface area contributed by atoms with Gasteiger partial charge in [-0.15, -0.1) is 0 Å². The third kappa shape index (κ3) is 5.20. The summed E-state index contributed by atoms with van der Waals surface area (Å²) in [6.45, 7) is 1.24.